The van der Waals surface area contributed by atoms with Crippen LogP contribution in [-0.2, 0) is 0 Å². The van der Waals surface area contributed by atoms with Crippen molar-refractivity contribution in [2.24, 2.45) is 5.73 Å². The molecule has 0 aliphatic carbocycles. The average molecular weight is 340 g/mol. The number of nitrogens with one attached hydrogen (secondary N) is 1. The molecule has 122 valence electrons. The number of hydrogen-bond donors (Lipinski definition) is 2. The van der Waals surface area contributed by atoms with Gasteiger partial charge >= 0.3 is 0 Å². The van der Waals surface area contributed by atoms with Crippen LogP contribution in [0.4, 0.5) is 10.9 Å². The molecule has 0 fully saturated rings. The second-order valence-corrected chi connectivity index (χ2v) is 6.12. The number of carbonyl (C=O) groups excluding carboxylic acids is 1. The molecule has 0 aromatic carbocycles. The lowest BCUT2D eigenvalue weighted by atomic mass is 10.0. The molecule has 3 N–H and O–H groups in total. The van der Waals surface area contributed by atoms with E-state index in [4.69, 9.17) is 5.73 Å². The van der Waals surface area contributed by atoms with Gasteiger partial charge in [0, 0.05) is 29.5 Å². The fourth-order valence-corrected chi connectivity index (χ4v) is 3.00. The van der Waals surface area contributed by atoms with E-state index in [0.717, 1.165) is 16.9 Å². The number of primary amides is 1. The highest BCUT2D eigenvalue weighted by molar-refractivity contribution is 7.09. The Labute approximate surface area is 143 Å². The molecule has 0 bridgehead atoms. The maximum Gasteiger partial charge on any atom is 0.249 e. The molecule has 0 aliphatic heterocycles. The molecule has 3 aromatic rings. The Morgan fingerprint density at radius 1 is 1.21 bits per heavy atom. The molecule has 24 heavy (non-hydrogen) atoms. The number of nitrogens with zero attached hydrogens (tertiary/aromatic N) is 4. The van der Waals surface area contributed by atoms with Crippen LogP contribution in [0.1, 0.15) is 27.0 Å². The van der Waals surface area contributed by atoms with Gasteiger partial charge in [-0.2, -0.15) is 9.36 Å². The molecule has 0 radical (unpaired) electrons. The van der Waals surface area contributed by atoms with Gasteiger partial charge in [0.05, 0.1) is 0 Å². The second kappa shape index (κ2) is 6.32. The fraction of sp³-hybridized carbons (Fsp3) is 0.188. The normalized spacial score (nSPS) is 10.6. The van der Waals surface area contributed by atoms with Gasteiger partial charge in [-0.15, -0.1) is 0 Å². The molecular formula is C16H16N6OS. The van der Waals surface area contributed by atoms with E-state index in [1.54, 1.807) is 26.2 Å². The van der Waals surface area contributed by atoms with Gasteiger partial charge in [-0.05, 0) is 43.5 Å². The number of anilines is 2. The lowest BCUT2D eigenvalue weighted by Gasteiger charge is -2.08. The summed E-state index contributed by atoms with van der Waals surface area (Å²) in [5.41, 5.74) is 8.90. The van der Waals surface area contributed by atoms with Crippen LogP contribution < -0.4 is 11.1 Å². The van der Waals surface area contributed by atoms with Crippen LogP contribution in [0.5, 0.6) is 0 Å². The van der Waals surface area contributed by atoms with Crippen LogP contribution >= 0.6 is 11.5 Å². The van der Waals surface area contributed by atoms with Gasteiger partial charge in [-0.25, -0.2) is 4.98 Å². The largest absolute Gasteiger partial charge is 0.366 e. The first-order chi connectivity index (χ1) is 11.5. The molecule has 3 rings (SSSR count). The molecule has 7 nitrogen and oxygen atoms in total. The third-order valence-electron chi connectivity index (χ3n) is 3.63. The molecule has 3 heterocycles. The van der Waals surface area contributed by atoms with Crippen LogP contribution in [0.25, 0.3) is 11.5 Å². The van der Waals surface area contributed by atoms with Crippen molar-refractivity contribution < 1.29 is 4.79 Å². The minimum absolute atomic E-state index is 0.455. The predicted octanol–water partition coefficient (Wildman–Crippen LogP) is 2.76. The summed E-state index contributed by atoms with van der Waals surface area (Å²) in [5, 5.41) is 3.75. The molecule has 1 amide bonds. The minimum atomic E-state index is -0.480. The van der Waals surface area contributed by atoms with E-state index in [-0.39, 0.29) is 0 Å². The fourth-order valence-electron chi connectivity index (χ4n) is 2.43. The zero-order valence-corrected chi connectivity index (χ0v) is 14.3. The van der Waals surface area contributed by atoms with Crippen LogP contribution in [-0.4, -0.2) is 25.2 Å². The van der Waals surface area contributed by atoms with E-state index in [0.29, 0.717) is 27.8 Å². The highest BCUT2D eigenvalue weighted by Crippen LogP contribution is 2.27. The lowest BCUT2D eigenvalue weighted by Crippen LogP contribution is -2.15. The molecule has 0 aliphatic rings. The Morgan fingerprint density at radius 2 is 2.00 bits per heavy atom. The number of amides is 1. The second-order valence-electron chi connectivity index (χ2n) is 5.37. The highest BCUT2D eigenvalue weighted by Gasteiger charge is 2.18. The van der Waals surface area contributed by atoms with Crippen molar-refractivity contribution in [2.45, 2.75) is 20.8 Å². The van der Waals surface area contributed by atoms with Crippen molar-refractivity contribution in [1.82, 2.24) is 19.3 Å². The van der Waals surface area contributed by atoms with E-state index in [1.165, 1.54) is 11.5 Å². The van der Waals surface area contributed by atoms with Crippen molar-refractivity contribution in [3.8, 4) is 11.5 Å². The molecule has 0 saturated heterocycles. The summed E-state index contributed by atoms with van der Waals surface area (Å²) in [6.45, 7) is 5.56. The van der Waals surface area contributed by atoms with Crippen LogP contribution in [0, 0.1) is 20.8 Å². The maximum atomic E-state index is 11.6. The minimum Gasteiger partial charge on any atom is -0.366 e. The number of rotatable bonds is 4. The first-order valence-electron chi connectivity index (χ1n) is 7.26. The topological polar surface area (TPSA) is 107 Å². The van der Waals surface area contributed by atoms with Crippen LogP contribution in [0.2, 0.25) is 0 Å². The van der Waals surface area contributed by atoms with Gasteiger partial charge in [-0.3, -0.25) is 9.78 Å². The van der Waals surface area contributed by atoms with Crippen molar-refractivity contribution >= 4 is 28.4 Å². The molecular weight excluding hydrogens is 324 g/mol. The third kappa shape index (κ3) is 2.95. The molecule has 0 saturated carbocycles. The number of carbonyl (C=O) groups is 1. The molecule has 0 unspecified atom stereocenters. The Kier molecular flexibility index (Phi) is 4.22. The number of pyridine rings is 2. The Bertz CT molecular complexity index is 921. The standard InChI is InChI=1S/C16H16N6OS/c1-8-5-4-6-18-14(8)20-16-21-15(22-24-16)12-10(3)11(13(17)23)9(2)7-19-12/h4-7H,1-3H3,(H2,17,23)(H,18,20,21,22). The molecule has 0 atom stereocenters. The monoisotopic (exact) mass is 340 g/mol. The lowest BCUT2D eigenvalue weighted by molar-refractivity contribution is 0.0999. The Hall–Kier alpha value is -2.87. The SMILES string of the molecule is Cc1cccnc1Nc1nc(-c2ncc(C)c(C(N)=O)c2C)ns1. The summed E-state index contributed by atoms with van der Waals surface area (Å²) in [4.78, 5) is 24.7. The quantitative estimate of drug-likeness (QED) is 0.756. The van der Waals surface area contributed by atoms with Gasteiger partial charge in [0.1, 0.15) is 11.5 Å². The summed E-state index contributed by atoms with van der Waals surface area (Å²) < 4.78 is 4.33. The van der Waals surface area contributed by atoms with Gasteiger partial charge in [0.25, 0.3) is 0 Å². The van der Waals surface area contributed by atoms with Crippen molar-refractivity contribution in [2.75, 3.05) is 5.32 Å². The highest BCUT2D eigenvalue weighted by atomic mass is 32.1. The van der Waals surface area contributed by atoms with Crippen LogP contribution in [0.15, 0.2) is 24.5 Å². The van der Waals surface area contributed by atoms with Gasteiger partial charge < -0.3 is 11.1 Å². The summed E-state index contributed by atoms with van der Waals surface area (Å²) in [5.74, 6) is 0.703. The van der Waals surface area contributed by atoms with Crippen LogP contribution in [0.3, 0.4) is 0 Å². The first kappa shape index (κ1) is 16.0. The summed E-state index contributed by atoms with van der Waals surface area (Å²) in [7, 11) is 0. The van der Waals surface area contributed by atoms with E-state index in [9.17, 15) is 4.79 Å². The summed E-state index contributed by atoms with van der Waals surface area (Å²) in [6, 6.07) is 3.83. The maximum absolute atomic E-state index is 11.6. The summed E-state index contributed by atoms with van der Waals surface area (Å²) >= 11 is 1.21. The zero-order valence-electron chi connectivity index (χ0n) is 13.5. The summed E-state index contributed by atoms with van der Waals surface area (Å²) in [6.07, 6.45) is 3.32. The van der Waals surface area contributed by atoms with E-state index in [2.05, 4.69) is 24.6 Å². The van der Waals surface area contributed by atoms with E-state index in [1.807, 2.05) is 19.1 Å². The van der Waals surface area contributed by atoms with Gasteiger partial charge in [0.2, 0.25) is 11.0 Å². The number of aromatic nitrogens is 4. The van der Waals surface area contributed by atoms with Gasteiger partial charge in [-0.1, -0.05) is 6.07 Å². The van der Waals surface area contributed by atoms with Crippen molar-refractivity contribution in [1.29, 1.82) is 0 Å². The molecule has 0 spiro atoms. The van der Waals surface area contributed by atoms with E-state index >= 15 is 0 Å². The average Bonchev–Trinajstić information content (AvgIpc) is 2.97. The van der Waals surface area contributed by atoms with Crippen molar-refractivity contribution in [3.05, 3.63) is 46.8 Å². The first-order valence-corrected chi connectivity index (χ1v) is 8.03. The van der Waals surface area contributed by atoms with Crippen molar-refractivity contribution in [3.63, 3.8) is 0 Å². The third-order valence-corrected chi connectivity index (χ3v) is 4.26. The zero-order chi connectivity index (χ0) is 17.3. The smallest absolute Gasteiger partial charge is 0.249 e. The molecule has 8 heteroatoms. The predicted molar refractivity (Wildman–Crippen MR) is 93.4 cm³/mol. The molecule has 3 aromatic heterocycles. The Morgan fingerprint density at radius 3 is 2.71 bits per heavy atom. The number of aryl methyl sites for hydroxylation is 2. The van der Waals surface area contributed by atoms with Gasteiger partial charge in [0.15, 0.2) is 5.82 Å². The van der Waals surface area contributed by atoms with E-state index < -0.39 is 5.91 Å². The number of hydrogen-bond acceptors (Lipinski definition) is 7. The number of nitrogens with two attached hydrogens (primary N) is 1. The Balaban J connectivity index is 1.96.